The van der Waals surface area contributed by atoms with E-state index >= 15 is 0 Å². The van der Waals surface area contributed by atoms with Crippen LogP contribution in [-0.4, -0.2) is 24.1 Å². The van der Waals surface area contributed by atoms with Crippen LogP contribution in [0.1, 0.15) is 0 Å². The molecule has 1 aliphatic rings. The summed E-state index contributed by atoms with van der Waals surface area (Å²) in [7, 11) is 0. The van der Waals surface area contributed by atoms with Gasteiger partial charge in [0.2, 0.25) is 5.91 Å². The number of halogens is 2. The zero-order chi connectivity index (χ0) is 18.0. The average Bonchev–Trinajstić information content (AvgIpc) is 2.57. The molecule has 1 aliphatic heterocycles. The van der Waals surface area contributed by atoms with E-state index in [1.165, 1.54) is 42.5 Å². The van der Waals surface area contributed by atoms with Crippen molar-refractivity contribution in [2.24, 2.45) is 10.9 Å². The summed E-state index contributed by atoms with van der Waals surface area (Å²) in [5, 5.41) is 2.52. The SMILES string of the molecule is O=C1NC(=O)N(c2ccc(Cl)cc2)C(=O)[C@H]1C=Nc1ccccc1F. The number of para-hydroxylation sites is 1. The molecule has 2 aromatic rings. The molecule has 2 aromatic carbocycles. The number of hydrogen-bond acceptors (Lipinski definition) is 4. The zero-order valence-corrected chi connectivity index (χ0v) is 13.4. The molecule has 0 spiro atoms. The van der Waals surface area contributed by atoms with Crippen LogP contribution in [0, 0.1) is 11.7 Å². The van der Waals surface area contributed by atoms with E-state index in [0.29, 0.717) is 5.02 Å². The Morgan fingerprint density at radius 1 is 1.08 bits per heavy atom. The third-order valence-electron chi connectivity index (χ3n) is 3.50. The lowest BCUT2D eigenvalue weighted by molar-refractivity contribution is -0.131. The van der Waals surface area contributed by atoms with E-state index in [4.69, 9.17) is 11.6 Å². The minimum absolute atomic E-state index is 0.0157. The van der Waals surface area contributed by atoms with Gasteiger partial charge in [0.25, 0.3) is 5.91 Å². The number of carbonyl (C=O) groups excluding carboxylic acids is 3. The fourth-order valence-corrected chi connectivity index (χ4v) is 2.39. The smallest absolute Gasteiger partial charge is 0.276 e. The normalized spacial score (nSPS) is 17.9. The summed E-state index contributed by atoms with van der Waals surface area (Å²) in [6.07, 6.45) is 1.02. The number of benzene rings is 2. The number of amides is 4. The molecule has 4 amide bonds. The molecule has 1 saturated heterocycles. The molecule has 0 saturated carbocycles. The number of imide groups is 2. The fraction of sp³-hybridized carbons (Fsp3) is 0.0588. The third kappa shape index (κ3) is 3.41. The highest BCUT2D eigenvalue weighted by atomic mass is 35.5. The Balaban J connectivity index is 1.90. The maximum Gasteiger partial charge on any atom is 0.335 e. The second-order valence-electron chi connectivity index (χ2n) is 5.15. The van der Waals surface area contributed by atoms with Gasteiger partial charge < -0.3 is 0 Å². The third-order valence-corrected chi connectivity index (χ3v) is 3.75. The molecule has 3 rings (SSSR count). The first kappa shape index (κ1) is 16.8. The summed E-state index contributed by atoms with van der Waals surface area (Å²) < 4.78 is 13.6. The molecule has 1 heterocycles. The molecule has 126 valence electrons. The predicted octanol–water partition coefficient (Wildman–Crippen LogP) is 3.08. The molecule has 0 aromatic heterocycles. The minimum Gasteiger partial charge on any atom is -0.276 e. The van der Waals surface area contributed by atoms with Gasteiger partial charge in [0.1, 0.15) is 5.82 Å². The second kappa shape index (κ2) is 6.82. The fourth-order valence-electron chi connectivity index (χ4n) is 2.27. The number of barbiturate groups is 1. The molecular formula is C17H11ClFN3O3. The Hall–Kier alpha value is -3.06. The van der Waals surface area contributed by atoms with Crippen molar-refractivity contribution in [3.63, 3.8) is 0 Å². The number of carbonyl (C=O) groups is 3. The Morgan fingerprint density at radius 3 is 2.44 bits per heavy atom. The molecule has 1 N–H and O–H groups in total. The van der Waals surface area contributed by atoms with E-state index in [9.17, 15) is 18.8 Å². The van der Waals surface area contributed by atoms with Crippen LogP contribution < -0.4 is 10.2 Å². The molecule has 1 fully saturated rings. The van der Waals surface area contributed by atoms with E-state index in [2.05, 4.69) is 10.3 Å². The van der Waals surface area contributed by atoms with Crippen molar-refractivity contribution in [2.45, 2.75) is 0 Å². The number of urea groups is 1. The lowest BCUT2D eigenvalue weighted by Gasteiger charge is -2.28. The van der Waals surface area contributed by atoms with Crippen molar-refractivity contribution in [3.05, 3.63) is 59.4 Å². The molecule has 0 bridgehead atoms. The van der Waals surface area contributed by atoms with Gasteiger partial charge in [-0.05, 0) is 36.4 Å². The molecule has 25 heavy (non-hydrogen) atoms. The van der Waals surface area contributed by atoms with Crippen LogP contribution in [0.25, 0.3) is 0 Å². The van der Waals surface area contributed by atoms with Crippen LogP contribution >= 0.6 is 11.6 Å². The van der Waals surface area contributed by atoms with Gasteiger partial charge in [0.15, 0.2) is 5.92 Å². The van der Waals surface area contributed by atoms with Crippen LogP contribution in [-0.2, 0) is 9.59 Å². The van der Waals surface area contributed by atoms with Gasteiger partial charge in [0, 0.05) is 11.2 Å². The summed E-state index contributed by atoms with van der Waals surface area (Å²) in [6, 6.07) is 10.8. The number of anilines is 1. The molecule has 1 atom stereocenters. The zero-order valence-electron chi connectivity index (χ0n) is 12.6. The Morgan fingerprint density at radius 2 is 1.76 bits per heavy atom. The maximum atomic E-state index is 13.6. The highest BCUT2D eigenvalue weighted by Gasteiger charge is 2.40. The lowest BCUT2D eigenvalue weighted by atomic mass is 10.1. The largest absolute Gasteiger partial charge is 0.335 e. The molecule has 0 unspecified atom stereocenters. The van der Waals surface area contributed by atoms with Crippen molar-refractivity contribution >= 4 is 47.0 Å². The summed E-state index contributed by atoms with van der Waals surface area (Å²) in [5.41, 5.74) is 0.238. The quantitative estimate of drug-likeness (QED) is 0.675. The minimum atomic E-state index is -1.35. The monoisotopic (exact) mass is 359 g/mol. The molecule has 8 heteroatoms. The van der Waals surface area contributed by atoms with E-state index in [1.807, 2.05) is 0 Å². The van der Waals surface area contributed by atoms with Crippen LogP contribution in [0.2, 0.25) is 5.02 Å². The van der Waals surface area contributed by atoms with Gasteiger partial charge in [-0.25, -0.2) is 14.1 Å². The summed E-state index contributed by atoms with van der Waals surface area (Å²) in [4.78, 5) is 41.2. The Labute approximate surface area is 146 Å². The first-order valence-corrected chi connectivity index (χ1v) is 7.58. The van der Waals surface area contributed by atoms with Gasteiger partial charge in [-0.2, -0.15) is 0 Å². The van der Waals surface area contributed by atoms with Gasteiger partial charge in [-0.1, -0.05) is 23.7 Å². The summed E-state index contributed by atoms with van der Waals surface area (Å²) in [5.74, 6) is -3.54. The standard InChI is InChI=1S/C17H11ClFN3O3/c18-10-5-7-11(8-6-10)22-16(24)12(15(23)21-17(22)25)9-20-14-4-2-1-3-13(14)19/h1-9,12H,(H,21,23,25)/t12-/m0/s1. The van der Waals surface area contributed by atoms with Gasteiger partial charge in [-0.3, -0.25) is 19.9 Å². The summed E-state index contributed by atoms with van der Waals surface area (Å²) >= 11 is 5.79. The van der Waals surface area contributed by atoms with Crippen molar-refractivity contribution in [2.75, 3.05) is 4.90 Å². The number of hydrogen-bond donors (Lipinski definition) is 1. The Bertz CT molecular complexity index is 883. The van der Waals surface area contributed by atoms with E-state index < -0.39 is 29.6 Å². The van der Waals surface area contributed by atoms with E-state index in [1.54, 1.807) is 6.07 Å². The number of aliphatic imine (C=N–C) groups is 1. The second-order valence-corrected chi connectivity index (χ2v) is 5.59. The first-order chi connectivity index (χ1) is 12.0. The first-order valence-electron chi connectivity index (χ1n) is 7.20. The highest BCUT2D eigenvalue weighted by Crippen LogP contribution is 2.23. The van der Waals surface area contributed by atoms with Crippen molar-refractivity contribution in [1.29, 1.82) is 0 Å². The van der Waals surface area contributed by atoms with Crippen molar-refractivity contribution in [3.8, 4) is 0 Å². The van der Waals surface area contributed by atoms with Crippen LogP contribution in [0.3, 0.4) is 0 Å². The molecule has 0 aliphatic carbocycles. The molecule has 6 nitrogen and oxygen atoms in total. The average molecular weight is 360 g/mol. The number of nitrogens with one attached hydrogen (secondary N) is 1. The molecule has 0 radical (unpaired) electrons. The van der Waals surface area contributed by atoms with Crippen LogP contribution in [0.5, 0.6) is 0 Å². The maximum absolute atomic E-state index is 13.6. The number of nitrogens with zero attached hydrogens (tertiary/aromatic N) is 2. The summed E-state index contributed by atoms with van der Waals surface area (Å²) in [6.45, 7) is 0. The topological polar surface area (TPSA) is 78.8 Å². The van der Waals surface area contributed by atoms with Crippen LogP contribution in [0.15, 0.2) is 53.5 Å². The van der Waals surface area contributed by atoms with Crippen LogP contribution in [0.4, 0.5) is 20.6 Å². The van der Waals surface area contributed by atoms with Gasteiger partial charge >= 0.3 is 6.03 Å². The molecular weight excluding hydrogens is 349 g/mol. The van der Waals surface area contributed by atoms with Gasteiger partial charge in [-0.15, -0.1) is 0 Å². The number of rotatable bonds is 3. The van der Waals surface area contributed by atoms with Crippen molar-refractivity contribution in [1.82, 2.24) is 5.32 Å². The van der Waals surface area contributed by atoms with Gasteiger partial charge in [0.05, 0.1) is 11.4 Å². The highest BCUT2D eigenvalue weighted by molar-refractivity contribution is 6.33. The van der Waals surface area contributed by atoms with E-state index in [0.717, 1.165) is 11.1 Å². The predicted molar refractivity (Wildman–Crippen MR) is 90.5 cm³/mol. The Kier molecular flexibility index (Phi) is 4.58. The van der Waals surface area contributed by atoms with E-state index in [-0.39, 0.29) is 11.4 Å². The lowest BCUT2D eigenvalue weighted by Crippen LogP contribution is -2.58. The van der Waals surface area contributed by atoms with Crippen molar-refractivity contribution < 1.29 is 18.8 Å².